The smallest absolute Gasteiger partial charge is 0.434 e. The molecule has 14 heavy (non-hydrogen) atoms. The summed E-state index contributed by atoms with van der Waals surface area (Å²) in [6.07, 6.45) is -4.47. The molecular weight excluding hydrogens is 312 g/mol. The lowest BCUT2D eigenvalue weighted by Gasteiger charge is -2.10. The maximum absolute atomic E-state index is 12.4. The number of hydrogen-bond acceptors (Lipinski definition) is 3. The Morgan fingerprint density at radius 2 is 1.86 bits per heavy atom. The molecule has 0 bridgehead atoms. The van der Waals surface area contributed by atoms with Crippen molar-refractivity contribution in [1.29, 1.82) is 0 Å². The number of hydrogen-bond donors (Lipinski definition) is 0. The molecule has 1 aromatic heterocycles. The van der Waals surface area contributed by atoms with Crippen LogP contribution < -0.4 is 4.74 Å². The zero-order valence-corrected chi connectivity index (χ0v) is 9.47. The summed E-state index contributed by atoms with van der Waals surface area (Å²) >= 11 is 1.51. The molecule has 0 aliphatic heterocycles. The van der Waals surface area contributed by atoms with Crippen LogP contribution >= 0.6 is 22.6 Å². The number of aromatic nitrogens is 2. The summed E-state index contributed by atoms with van der Waals surface area (Å²) in [4.78, 5) is 7.05. The summed E-state index contributed by atoms with van der Waals surface area (Å²) in [7, 11) is 1.27. The fourth-order valence-corrected chi connectivity index (χ4v) is 1.62. The molecule has 0 atom stereocenters. The van der Waals surface area contributed by atoms with Crippen molar-refractivity contribution in [3.63, 3.8) is 0 Å². The van der Waals surface area contributed by atoms with E-state index in [1.165, 1.54) is 36.6 Å². The second-order valence-corrected chi connectivity index (χ2v) is 3.52. The third-order valence-corrected chi connectivity index (χ3v) is 2.37. The van der Waals surface area contributed by atoms with E-state index in [4.69, 9.17) is 4.74 Å². The van der Waals surface area contributed by atoms with E-state index in [0.29, 0.717) is 0 Å². The van der Waals surface area contributed by atoms with Gasteiger partial charge in [-0.25, -0.2) is 4.98 Å². The molecule has 0 saturated heterocycles. The van der Waals surface area contributed by atoms with Gasteiger partial charge < -0.3 is 4.74 Å². The predicted octanol–water partition coefficient (Wildman–Crippen LogP) is 2.42. The first kappa shape index (κ1) is 11.5. The fourth-order valence-electron chi connectivity index (χ4n) is 0.856. The number of ether oxygens (including phenoxy) is 1. The van der Waals surface area contributed by atoms with Crippen molar-refractivity contribution >= 4 is 22.6 Å². The molecule has 0 aromatic carbocycles. The second-order valence-electron chi connectivity index (χ2n) is 2.44. The Kier molecular flexibility index (Phi) is 3.17. The molecule has 0 aliphatic carbocycles. The molecule has 0 N–H and O–H groups in total. The van der Waals surface area contributed by atoms with E-state index in [1.807, 2.05) is 0 Å². The van der Waals surface area contributed by atoms with Crippen LogP contribution in [-0.4, -0.2) is 17.1 Å². The topological polar surface area (TPSA) is 35.0 Å². The van der Waals surface area contributed by atoms with Gasteiger partial charge in [-0.2, -0.15) is 18.2 Å². The second kappa shape index (κ2) is 3.87. The molecule has 0 saturated carbocycles. The highest BCUT2D eigenvalue weighted by molar-refractivity contribution is 14.1. The van der Waals surface area contributed by atoms with Gasteiger partial charge in [0.05, 0.1) is 7.11 Å². The minimum Gasteiger partial charge on any atom is -0.480 e. The summed E-state index contributed by atoms with van der Waals surface area (Å²) < 4.78 is 41.8. The van der Waals surface area contributed by atoms with Crippen LogP contribution in [0.5, 0.6) is 5.88 Å². The van der Waals surface area contributed by atoms with Gasteiger partial charge in [0.2, 0.25) is 5.88 Å². The summed E-state index contributed by atoms with van der Waals surface area (Å²) in [6.45, 7) is 1.38. The maximum atomic E-state index is 12.4. The van der Waals surface area contributed by atoms with Crippen LogP contribution in [0.25, 0.3) is 0 Å². The van der Waals surface area contributed by atoms with Gasteiger partial charge in [-0.1, -0.05) is 0 Å². The highest BCUT2D eigenvalue weighted by Gasteiger charge is 2.37. The summed E-state index contributed by atoms with van der Waals surface area (Å²) in [6, 6.07) is 0. The van der Waals surface area contributed by atoms with Crippen molar-refractivity contribution in [1.82, 2.24) is 9.97 Å². The lowest BCUT2D eigenvalue weighted by molar-refractivity contribution is -0.142. The Morgan fingerprint density at radius 3 is 2.29 bits per heavy atom. The SMILES string of the molecule is COc1nc(C)nc(C(F)(F)F)c1I. The maximum Gasteiger partial charge on any atom is 0.434 e. The monoisotopic (exact) mass is 318 g/mol. The quantitative estimate of drug-likeness (QED) is 0.746. The highest BCUT2D eigenvalue weighted by atomic mass is 127. The molecule has 0 radical (unpaired) electrons. The van der Waals surface area contributed by atoms with Gasteiger partial charge >= 0.3 is 6.18 Å². The van der Waals surface area contributed by atoms with E-state index in [9.17, 15) is 13.2 Å². The largest absolute Gasteiger partial charge is 0.480 e. The Morgan fingerprint density at radius 1 is 1.29 bits per heavy atom. The summed E-state index contributed by atoms with van der Waals surface area (Å²) in [5.41, 5.74) is -0.956. The van der Waals surface area contributed by atoms with Crippen LogP contribution in [-0.2, 0) is 6.18 Å². The van der Waals surface area contributed by atoms with Crippen molar-refractivity contribution in [2.45, 2.75) is 13.1 Å². The molecule has 0 amide bonds. The number of aryl methyl sites for hydroxylation is 1. The number of nitrogens with zero attached hydrogens (tertiary/aromatic N) is 2. The lowest BCUT2D eigenvalue weighted by atomic mass is 10.4. The number of alkyl halides is 3. The predicted molar refractivity (Wildman–Crippen MR) is 51.0 cm³/mol. The summed E-state index contributed by atoms with van der Waals surface area (Å²) in [5, 5.41) is 0. The molecule has 0 fully saturated rings. The van der Waals surface area contributed by atoms with Crippen LogP contribution in [0, 0.1) is 10.5 Å². The van der Waals surface area contributed by atoms with E-state index < -0.39 is 11.9 Å². The van der Waals surface area contributed by atoms with Gasteiger partial charge in [-0.05, 0) is 29.5 Å². The Labute approximate surface area is 91.8 Å². The van der Waals surface area contributed by atoms with E-state index in [1.54, 1.807) is 0 Å². The number of halogens is 4. The molecule has 3 nitrogen and oxygen atoms in total. The number of rotatable bonds is 1. The van der Waals surface area contributed by atoms with Crippen molar-refractivity contribution in [3.8, 4) is 5.88 Å². The molecule has 0 aliphatic rings. The molecule has 0 unspecified atom stereocenters. The van der Waals surface area contributed by atoms with Crippen LogP contribution in [0.4, 0.5) is 13.2 Å². The average Bonchev–Trinajstić information content (AvgIpc) is 2.06. The van der Waals surface area contributed by atoms with Gasteiger partial charge in [-0.15, -0.1) is 0 Å². The van der Waals surface area contributed by atoms with Gasteiger partial charge in [0, 0.05) is 0 Å². The first-order valence-electron chi connectivity index (χ1n) is 3.51. The number of methoxy groups -OCH3 is 1. The molecule has 0 spiro atoms. The fraction of sp³-hybridized carbons (Fsp3) is 0.429. The van der Waals surface area contributed by atoms with Gasteiger partial charge in [-0.3, -0.25) is 0 Å². The third kappa shape index (κ3) is 2.25. The molecular formula is C7H6F3IN2O. The Bertz CT molecular complexity index is 354. The zero-order valence-electron chi connectivity index (χ0n) is 7.31. The van der Waals surface area contributed by atoms with Crippen molar-refractivity contribution in [2.75, 3.05) is 7.11 Å². The van der Waals surface area contributed by atoms with Crippen molar-refractivity contribution < 1.29 is 17.9 Å². The van der Waals surface area contributed by atoms with Crippen molar-refractivity contribution in [3.05, 3.63) is 15.1 Å². The standard InChI is InChI=1S/C7H6F3IN2O/c1-3-12-5(7(8,9)10)4(11)6(13-3)14-2/h1-2H3. The minimum atomic E-state index is -4.47. The first-order chi connectivity index (χ1) is 6.36. The zero-order chi connectivity index (χ0) is 10.9. The molecule has 1 aromatic rings. The Balaban J connectivity index is 3.37. The molecule has 1 rings (SSSR count). The lowest BCUT2D eigenvalue weighted by Crippen LogP contribution is -2.13. The van der Waals surface area contributed by atoms with Crippen LogP contribution in [0.1, 0.15) is 11.5 Å². The highest BCUT2D eigenvalue weighted by Crippen LogP contribution is 2.34. The summed E-state index contributed by atoms with van der Waals surface area (Å²) in [5.74, 6) is -0.0139. The van der Waals surface area contributed by atoms with E-state index in [0.717, 1.165) is 0 Å². The average molecular weight is 318 g/mol. The van der Waals surface area contributed by atoms with Gasteiger partial charge in [0.15, 0.2) is 5.69 Å². The third-order valence-electron chi connectivity index (χ3n) is 1.39. The van der Waals surface area contributed by atoms with Gasteiger partial charge in [0.25, 0.3) is 0 Å². The normalized spacial score (nSPS) is 11.6. The van der Waals surface area contributed by atoms with E-state index >= 15 is 0 Å². The first-order valence-corrected chi connectivity index (χ1v) is 4.59. The van der Waals surface area contributed by atoms with Crippen LogP contribution in [0.15, 0.2) is 0 Å². The Hall–Kier alpha value is -0.600. The van der Waals surface area contributed by atoms with Gasteiger partial charge in [0.1, 0.15) is 9.39 Å². The van der Waals surface area contributed by atoms with Crippen molar-refractivity contribution in [2.24, 2.45) is 0 Å². The van der Waals surface area contributed by atoms with E-state index in [-0.39, 0.29) is 15.3 Å². The van der Waals surface area contributed by atoms with Crippen LogP contribution in [0.2, 0.25) is 0 Å². The molecule has 7 heteroatoms. The van der Waals surface area contributed by atoms with E-state index in [2.05, 4.69) is 9.97 Å². The van der Waals surface area contributed by atoms with Crippen LogP contribution in [0.3, 0.4) is 0 Å². The molecule has 1 heterocycles. The molecule has 78 valence electrons. The minimum absolute atomic E-state index is 0.0367.